The lowest BCUT2D eigenvalue weighted by molar-refractivity contribution is 0.666. The van der Waals surface area contributed by atoms with Crippen molar-refractivity contribution in [3.8, 4) is 12.3 Å². The van der Waals surface area contributed by atoms with Gasteiger partial charge in [-0.15, -0.1) is 12.3 Å². The zero-order valence-corrected chi connectivity index (χ0v) is 7.65. The second kappa shape index (κ2) is 5.85. The van der Waals surface area contributed by atoms with E-state index in [1.807, 2.05) is 0 Å². The maximum atomic E-state index is 5.12. The van der Waals surface area contributed by atoms with E-state index in [4.69, 9.17) is 6.42 Å². The fourth-order valence-corrected chi connectivity index (χ4v) is 0.886. The predicted octanol–water partition coefficient (Wildman–Crippen LogP) is 2.30. The molecule has 0 aliphatic heterocycles. The Morgan fingerprint density at radius 3 is 2.73 bits per heavy atom. The minimum Gasteiger partial charge on any atom is -0.387 e. The van der Waals surface area contributed by atoms with E-state index in [-0.39, 0.29) is 0 Å². The molecular formula is C10H17N. The fourth-order valence-electron chi connectivity index (χ4n) is 0.886. The molecule has 0 unspecified atom stereocenters. The molecule has 62 valence electrons. The van der Waals surface area contributed by atoms with Crippen molar-refractivity contribution in [3.63, 3.8) is 0 Å². The van der Waals surface area contributed by atoms with Crippen LogP contribution in [0.1, 0.15) is 33.6 Å². The highest BCUT2D eigenvalue weighted by Crippen LogP contribution is 1.95. The van der Waals surface area contributed by atoms with Crippen LogP contribution >= 0.6 is 0 Å². The molecule has 0 aromatic carbocycles. The van der Waals surface area contributed by atoms with Gasteiger partial charge in [0.15, 0.2) is 0 Å². The summed E-state index contributed by atoms with van der Waals surface area (Å²) in [5.41, 5.74) is 1.22. The van der Waals surface area contributed by atoms with Gasteiger partial charge in [0.25, 0.3) is 0 Å². The van der Waals surface area contributed by atoms with Gasteiger partial charge in [-0.05, 0) is 27.2 Å². The smallest absolute Gasteiger partial charge is 0.0201 e. The van der Waals surface area contributed by atoms with Crippen LogP contribution in [0.5, 0.6) is 0 Å². The zero-order valence-electron chi connectivity index (χ0n) is 7.65. The predicted molar refractivity (Wildman–Crippen MR) is 50.1 cm³/mol. The van der Waals surface area contributed by atoms with E-state index in [1.165, 1.54) is 5.70 Å². The highest BCUT2D eigenvalue weighted by Gasteiger charge is 1.90. The van der Waals surface area contributed by atoms with Crippen molar-refractivity contribution in [1.29, 1.82) is 0 Å². The summed E-state index contributed by atoms with van der Waals surface area (Å²) >= 11 is 0. The van der Waals surface area contributed by atoms with Crippen molar-refractivity contribution >= 4 is 0 Å². The largest absolute Gasteiger partial charge is 0.387 e. The van der Waals surface area contributed by atoms with Gasteiger partial charge in [0.2, 0.25) is 0 Å². The lowest BCUT2D eigenvalue weighted by Crippen LogP contribution is -2.20. The third kappa shape index (κ3) is 6.99. The lowest BCUT2D eigenvalue weighted by Gasteiger charge is -2.09. The average molecular weight is 151 g/mol. The molecule has 0 spiro atoms. The number of nitrogens with one attached hydrogen (secondary N) is 1. The van der Waals surface area contributed by atoms with Crippen LogP contribution in [0.3, 0.4) is 0 Å². The number of unbranched alkanes of at least 4 members (excludes halogenated alkanes) is 1. The first-order chi connectivity index (χ1) is 5.16. The Balaban J connectivity index is 3.56. The molecule has 1 N–H and O–H groups in total. The first-order valence-electron chi connectivity index (χ1n) is 4.03. The van der Waals surface area contributed by atoms with E-state index in [9.17, 15) is 0 Å². The first-order valence-corrected chi connectivity index (χ1v) is 4.03. The first kappa shape index (κ1) is 10.1. The SMILES string of the molecule is C#CCC/C=C(\C)NC(C)C. The summed E-state index contributed by atoms with van der Waals surface area (Å²) in [6.07, 6.45) is 9.06. The molecule has 0 aliphatic carbocycles. The van der Waals surface area contributed by atoms with Crippen LogP contribution < -0.4 is 5.32 Å². The molecule has 0 atom stereocenters. The second-order valence-electron chi connectivity index (χ2n) is 2.93. The molecule has 11 heavy (non-hydrogen) atoms. The quantitative estimate of drug-likeness (QED) is 0.480. The zero-order chi connectivity index (χ0) is 8.69. The summed E-state index contributed by atoms with van der Waals surface area (Å²) in [7, 11) is 0. The van der Waals surface area contributed by atoms with Crippen molar-refractivity contribution in [3.05, 3.63) is 11.8 Å². The van der Waals surface area contributed by atoms with Crippen molar-refractivity contribution in [2.24, 2.45) is 0 Å². The molecule has 0 saturated heterocycles. The van der Waals surface area contributed by atoms with Gasteiger partial charge >= 0.3 is 0 Å². The maximum Gasteiger partial charge on any atom is 0.0201 e. The van der Waals surface area contributed by atoms with E-state index in [0.29, 0.717) is 6.04 Å². The third-order valence-electron chi connectivity index (χ3n) is 1.26. The second-order valence-corrected chi connectivity index (χ2v) is 2.93. The number of terminal acetylenes is 1. The number of rotatable bonds is 4. The topological polar surface area (TPSA) is 12.0 Å². The molecule has 0 heterocycles. The number of hydrogen-bond acceptors (Lipinski definition) is 1. The normalized spacial score (nSPS) is 11.4. The van der Waals surface area contributed by atoms with Gasteiger partial charge in [-0.3, -0.25) is 0 Å². The third-order valence-corrected chi connectivity index (χ3v) is 1.26. The Kier molecular flexibility index (Phi) is 5.37. The van der Waals surface area contributed by atoms with Crippen LogP contribution in [0.25, 0.3) is 0 Å². The lowest BCUT2D eigenvalue weighted by atomic mass is 10.2. The van der Waals surface area contributed by atoms with Crippen molar-refractivity contribution < 1.29 is 0 Å². The molecule has 0 rings (SSSR count). The Bertz CT molecular complexity index is 160. The minimum atomic E-state index is 0.511. The maximum absolute atomic E-state index is 5.12. The van der Waals surface area contributed by atoms with Crippen molar-refractivity contribution in [1.82, 2.24) is 5.32 Å². The van der Waals surface area contributed by atoms with E-state index >= 15 is 0 Å². The van der Waals surface area contributed by atoms with Crippen LogP contribution in [-0.2, 0) is 0 Å². The fraction of sp³-hybridized carbons (Fsp3) is 0.600. The Hall–Kier alpha value is -0.900. The van der Waals surface area contributed by atoms with Crippen LogP contribution in [0.15, 0.2) is 11.8 Å². The minimum absolute atomic E-state index is 0.511. The van der Waals surface area contributed by atoms with Gasteiger partial charge in [-0.2, -0.15) is 0 Å². The Morgan fingerprint density at radius 1 is 1.64 bits per heavy atom. The molecule has 1 heteroatoms. The van der Waals surface area contributed by atoms with Crippen LogP contribution in [-0.4, -0.2) is 6.04 Å². The standard InChI is InChI=1S/C10H17N/c1-5-6-7-8-10(4)11-9(2)3/h1,8-9,11H,6-7H2,2-4H3/b10-8+. The molecule has 0 bridgehead atoms. The van der Waals surface area contributed by atoms with E-state index < -0.39 is 0 Å². The Morgan fingerprint density at radius 2 is 2.27 bits per heavy atom. The summed E-state index contributed by atoms with van der Waals surface area (Å²) < 4.78 is 0. The summed E-state index contributed by atoms with van der Waals surface area (Å²) in [4.78, 5) is 0. The summed E-state index contributed by atoms with van der Waals surface area (Å²) in [6.45, 7) is 6.31. The van der Waals surface area contributed by atoms with Crippen LogP contribution in [0.2, 0.25) is 0 Å². The van der Waals surface area contributed by atoms with Gasteiger partial charge in [0.05, 0.1) is 0 Å². The molecule has 1 nitrogen and oxygen atoms in total. The van der Waals surface area contributed by atoms with E-state index in [2.05, 4.69) is 38.1 Å². The molecule has 0 amide bonds. The van der Waals surface area contributed by atoms with Gasteiger partial charge in [0.1, 0.15) is 0 Å². The average Bonchev–Trinajstić information content (AvgIpc) is 1.86. The van der Waals surface area contributed by atoms with Gasteiger partial charge in [-0.25, -0.2) is 0 Å². The van der Waals surface area contributed by atoms with Crippen molar-refractivity contribution in [2.45, 2.75) is 39.7 Å². The highest BCUT2D eigenvalue weighted by molar-refractivity contribution is 4.98. The van der Waals surface area contributed by atoms with Crippen LogP contribution in [0.4, 0.5) is 0 Å². The molecule has 0 fully saturated rings. The monoisotopic (exact) mass is 151 g/mol. The molecule has 0 saturated carbocycles. The molecule has 0 aromatic rings. The summed E-state index contributed by atoms with van der Waals surface area (Å²) in [5, 5.41) is 3.29. The molecule has 0 aromatic heterocycles. The Labute approximate surface area is 69.9 Å². The van der Waals surface area contributed by atoms with Crippen molar-refractivity contribution in [2.75, 3.05) is 0 Å². The highest BCUT2D eigenvalue weighted by atomic mass is 14.9. The summed E-state index contributed by atoms with van der Waals surface area (Å²) in [6, 6.07) is 0.511. The van der Waals surface area contributed by atoms with E-state index in [1.54, 1.807) is 0 Å². The number of allylic oxidation sites excluding steroid dienone is 2. The van der Waals surface area contributed by atoms with Gasteiger partial charge in [-0.1, -0.05) is 6.08 Å². The molecule has 0 aliphatic rings. The summed E-state index contributed by atoms with van der Waals surface area (Å²) in [5.74, 6) is 2.60. The van der Waals surface area contributed by atoms with Gasteiger partial charge in [0, 0.05) is 18.2 Å². The van der Waals surface area contributed by atoms with E-state index in [0.717, 1.165) is 12.8 Å². The molecule has 0 radical (unpaired) electrons. The molecular weight excluding hydrogens is 134 g/mol. The van der Waals surface area contributed by atoms with Gasteiger partial charge < -0.3 is 5.32 Å². The number of hydrogen-bond donors (Lipinski definition) is 1. The van der Waals surface area contributed by atoms with Crippen LogP contribution in [0, 0.1) is 12.3 Å².